The lowest BCUT2D eigenvalue weighted by Crippen LogP contribution is -2.31. The van der Waals surface area contributed by atoms with Gasteiger partial charge in [0, 0.05) is 10.5 Å². The van der Waals surface area contributed by atoms with E-state index in [4.69, 9.17) is 21.9 Å². The average molecular weight is 335 g/mol. The number of hydrogen-bond donors (Lipinski definition) is 0. The van der Waals surface area contributed by atoms with Gasteiger partial charge in [0.15, 0.2) is 5.54 Å². The second-order valence-electron chi connectivity index (χ2n) is 4.82. The van der Waals surface area contributed by atoms with Crippen LogP contribution in [0.1, 0.15) is 12.5 Å². The number of carbonyl (C=O) groups excluding carboxylic acids is 1. The molecule has 0 aliphatic heterocycles. The molecule has 1 heterocycles. The molecule has 1 aromatic heterocycles. The van der Waals surface area contributed by atoms with E-state index in [9.17, 15) is 9.18 Å². The van der Waals surface area contributed by atoms with Crippen LogP contribution in [0.25, 0.3) is 21.7 Å². The van der Waals surface area contributed by atoms with E-state index in [0.717, 1.165) is 0 Å². The number of halogens is 2. The highest BCUT2D eigenvalue weighted by molar-refractivity contribution is 6.29. The van der Waals surface area contributed by atoms with Crippen molar-refractivity contribution in [1.29, 1.82) is 0 Å². The number of hydrogen-bond acceptors (Lipinski definition) is 4. The molecule has 1 atom stereocenters. The van der Waals surface area contributed by atoms with Crippen LogP contribution < -0.4 is 0 Å². The molecule has 0 aliphatic rings. The quantitative estimate of drug-likeness (QED) is 0.275. The molecular formula is C15H12ClFN4O2. The van der Waals surface area contributed by atoms with E-state index in [1.807, 2.05) is 0 Å². The summed E-state index contributed by atoms with van der Waals surface area (Å²) in [6, 6.07) is 8.58. The van der Waals surface area contributed by atoms with Gasteiger partial charge in [0.1, 0.15) is 11.0 Å². The van der Waals surface area contributed by atoms with Gasteiger partial charge in [-0.2, -0.15) is 0 Å². The van der Waals surface area contributed by atoms with Crippen LogP contribution in [0.3, 0.4) is 0 Å². The first-order valence-electron chi connectivity index (χ1n) is 6.49. The molecule has 0 radical (unpaired) electrons. The maximum Gasteiger partial charge on any atom is 0.322 e. The van der Waals surface area contributed by atoms with Gasteiger partial charge >= 0.3 is 5.97 Å². The second kappa shape index (κ2) is 6.64. The molecule has 23 heavy (non-hydrogen) atoms. The minimum Gasteiger partial charge on any atom is -0.468 e. The number of nitrogens with zero attached hydrogens (tertiary/aromatic N) is 4. The molecule has 0 spiro atoms. The predicted molar refractivity (Wildman–Crippen MR) is 83.2 cm³/mol. The Balaban J connectivity index is 2.62. The van der Waals surface area contributed by atoms with E-state index in [0.29, 0.717) is 16.8 Å². The number of ether oxygens (including phenoxy) is 1. The summed E-state index contributed by atoms with van der Waals surface area (Å²) in [5.74, 6) is -1.12. The monoisotopic (exact) mass is 334 g/mol. The lowest BCUT2D eigenvalue weighted by atomic mass is 9.92. The smallest absolute Gasteiger partial charge is 0.322 e. The maximum atomic E-state index is 13.0. The summed E-state index contributed by atoms with van der Waals surface area (Å²) in [6.45, 7) is 1.42. The lowest BCUT2D eigenvalue weighted by molar-refractivity contribution is -0.146. The fourth-order valence-electron chi connectivity index (χ4n) is 2.05. The molecule has 1 unspecified atom stereocenters. The van der Waals surface area contributed by atoms with Gasteiger partial charge in [-0.3, -0.25) is 4.79 Å². The Morgan fingerprint density at radius 2 is 2.04 bits per heavy atom. The summed E-state index contributed by atoms with van der Waals surface area (Å²) >= 11 is 6.01. The van der Waals surface area contributed by atoms with Crippen molar-refractivity contribution in [2.45, 2.75) is 12.5 Å². The van der Waals surface area contributed by atoms with Crippen LogP contribution in [0, 0.1) is 5.82 Å². The van der Waals surface area contributed by atoms with Crippen LogP contribution in [-0.2, 0) is 15.1 Å². The van der Waals surface area contributed by atoms with Gasteiger partial charge in [-0.1, -0.05) is 16.7 Å². The van der Waals surface area contributed by atoms with Crippen molar-refractivity contribution in [3.63, 3.8) is 0 Å². The first-order chi connectivity index (χ1) is 10.9. The van der Waals surface area contributed by atoms with E-state index < -0.39 is 11.5 Å². The Bertz CT molecular complexity index is 791. The van der Waals surface area contributed by atoms with E-state index in [1.165, 1.54) is 44.4 Å². The molecule has 0 bridgehead atoms. The third-order valence-electron chi connectivity index (χ3n) is 3.32. The fraction of sp³-hybridized carbons (Fsp3) is 0.200. The number of rotatable bonds is 4. The normalized spacial score (nSPS) is 12.9. The van der Waals surface area contributed by atoms with E-state index in [-0.39, 0.29) is 11.0 Å². The zero-order chi connectivity index (χ0) is 17.0. The van der Waals surface area contributed by atoms with Crippen LogP contribution in [0.4, 0.5) is 4.39 Å². The Kier molecular flexibility index (Phi) is 4.83. The van der Waals surface area contributed by atoms with Gasteiger partial charge in [-0.05, 0) is 54.4 Å². The largest absolute Gasteiger partial charge is 0.468 e. The molecule has 0 aliphatic carbocycles. The van der Waals surface area contributed by atoms with Crippen molar-refractivity contribution in [2.75, 3.05) is 7.11 Å². The minimum absolute atomic E-state index is 0.102. The van der Waals surface area contributed by atoms with Gasteiger partial charge in [0.25, 0.3) is 0 Å². The Labute approximate surface area is 136 Å². The van der Waals surface area contributed by atoms with Crippen molar-refractivity contribution in [3.8, 4) is 11.3 Å². The van der Waals surface area contributed by atoms with Gasteiger partial charge in [-0.25, -0.2) is 9.37 Å². The molecule has 2 aromatic rings. The number of esters is 1. The summed E-state index contributed by atoms with van der Waals surface area (Å²) in [5, 5.41) is 3.65. The highest BCUT2D eigenvalue weighted by Gasteiger charge is 2.36. The summed E-state index contributed by atoms with van der Waals surface area (Å²) < 4.78 is 17.7. The summed E-state index contributed by atoms with van der Waals surface area (Å²) in [7, 11) is 1.19. The summed E-state index contributed by atoms with van der Waals surface area (Å²) in [4.78, 5) is 18.9. The van der Waals surface area contributed by atoms with E-state index in [1.54, 1.807) is 6.07 Å². The standard InChI is InChI=1S/C15H12ClFN4O2/c1-15(20-21-18,14(22)23-2)10-7-12(19-13(16)8-10)9-3-5-11(17)6-4-9/h3-8H,1-2H3. The van der Waals surface area contributed by atoms with Crippen molar-refractivity contribution >= 4 is 17.6 Å². The minimum atomic E-state index is -1.59. The highest BCUT2D eigenvalue weighted by Crippen LogP contribution is 2.32. The average Bonchev–Trinajstić information content (AvgIpc) is 2.54. The van der Waals surface area contributed by atoms with Crippen LogP contribution in [-0.4, -0.2) is 18.1 Å². The zero-order valence-electron chi connectivity index (χ0n) is 12.3. The maximum absolute atomic E-state index is 13.0. The van der Waals surface area contributed by atoms with Crippen molar-refractivity contribution in [1.82, 2.24) is 4.98 Å². The molecule has 118 valence electrons. The zero-order valence-corrected chi connectivity index (χ0v) is 13.1. The van der Waals surface area contributed by atoms with Crippen LogP contribution >= 0.6 is 11.6 Å². The topological polar surface area (TPSA) is 88.0 Å². The van der Waals surface area contributed by atoms with Gasteiger partial charge in [-0.15, -0.1) is 0 Å². The molecule has 0 fully saturated rings. The molecular weight excluding hydrogens is 323 g/mol. The number of carbonyl (C=O) groups is 1. The number of methoxy groups -OCH3 is 1. The van der Waals surface area contributed by atoms with Crippen LogP contribution in [0.2, 0.25) is 5.15 Å². The summed E-state index contributed by atoms with van der Waals surface area (Å²) in [5.41, 5.74) is 8.50. The third kappa shape index (κ3) is 3.41. The van der Waals surface area contributed by atoms with Crippen molar-refractivity contribution in [2.24, 2.45) is 5.11 Å². The fourth-order valence-corrected chi connectivity index (χ4v) is 2.26. The van der Waals surface area contributed by atoms with Crippen LogP contribution in [0.15, 0.2) is 41.5 Å². The molecule has 8 heteroatoms. The van der Waals surface area contributed by atoms with Crippen molar-refractivity contribution < 1.29 is 13.9 Å². The number of pyridine rings is 1. The molecule has 1 aromatic carbocycles. The third-order valence-corrected chi connectivity index (χ3v) is 3.52. The Morgan fingerprint density at radius 1 is 1.39 bits per heavy atom. The molecule has 0 saturated heterocycles. The van der Waals surface area contributed by atoms with Gasteiger partial charge in [0.05, 0.1) is 12.8 Å². The first kappa shape index (κ1) is 16.7. The van der Waals surface area contributed by atoms with E-state index in [2.05, 4.69) is 15.0 Å². The second-order valence-corrected chi connectivity index (χ2v) is 5.21. The van der Waals surface area contributed by atoms with Crippen LogP contribution in [0.5, 0.6) is 0 Å². The van der Waals surface area contributed by atoms with Gasteiger partial charge in [0.2, 0.25) is 0 Å². The molecule has 2 rings (SSSR count). The lowest BCUT2D eigenvalue weighted by Gasteiger charge is -2.22. The van der Waals surface area contributed by atoms with Gasteiger partial charge < -0.3 is 4.74 Å². The molecule has 6 nitrogen and oxygen atoms in total. The Hall–Kier alpha value is -2.63. The first-order valence-corrected chi connectivity index (χ1v) is 6.87. The highest BCUT2D eigenvalue weighted by atomic mass is 35.5. The molecule has 0 amide bonds. The SMILES string of the molecule is COC(=O)C(C)(N=[N+]=[N-])c1cc(Cl)nc(-c2ccc(F)cc2)c1. The molecule has 0 saturated carbocycles. The summed E-state index contributed by atoms with van der Waals surface area (Å²) in [6.07, 6.45) is 0. The van der Waals surface area contributed by atoms with Crippen molar-refractivity contribution in [3.05, 3.63) is 63.4 Å². The predicted octanol–water partition coefficient (Wildman–Crippen LogP) is 4.24. The molecule has 0 N–H and O–H groups in total. The number of aromatic nitrogens is 1. The van der Waals surface area contributed by atoms with E-state index >= 15 is 0 Å². The number of azide groups is 1. The Morgan fingerprint density at radius 3 is 2.61 bits per heavy atom. The number of benzene rings is 1.